The van der Waals surface area contributed by atoms with Crippen LogP contribution in [0.1, 0.15) is 33.3 Å². The molecule has 14 heteroatoms. The van der Waals surface area contributed by atoms with Crippen LogP contribution in [-0.2, 0) is 47.7 Å². The smallest absolute Gasteiger partial charge is 0.303 e. The number of benzene rings is 1. The number of nitrogens with zero attached hydrogens (tertiary/aromatic N) is 1. The van der Waals surface area contributed by atoms with Crippen LogP contribution in [0, 0.1) is 5.82 Å². The fourth-order valence-corrected chi connectivity index (χ4v) is 5.15. The molecule has 1 aromatic rings. The third-order valence-corrected chi connectivity index (χ3v) is 6.57. The summed E-state index contributed by atoms with van der Waals surface area (Å²) in [5, 5.41) is 0. The Morgan fingerprint density at radius 1 is 0.974 bits per heavy atom. The molecule has 5 atom stereocenters. The minimum atomic E-state index is -1.51. The SMILES string of the molecule is CC(=O)OC[C@H]1O[C@@H](N2C(=O)/C(=C/c3ccccc3F)SC2=S)[C@H](OC(C)=O)[C@@H](OC(C)=O)[C@@H]1OC(C)=O. The summed E-state index contributed by atoms with van der Waals surface area (Å²) in [4.78, 5) is 61.9. The Bertz CT molecular complexity index is 1190. The number of thioether (sulfide) groups is 1. The molecule has 2 fully saturated rings. The zero-order valence-electron chi connectivity index (χ0n) is 20.7. The Hall–Kier alpha value is -3.36. The van der Waals surface area contributed by atoms with E-state index in [4.69, 9.17) is 35.9 Å². The Balaban J connectivity index is 2.06. The zero-order valence-corrected chi connectivity index (χ0v) is 22.3. The fourth-order valence-electron chi connectivity index (χ4n) is 3.85. The molecule has 2 saturated heterocycles. The molecule has 0 unspecified atom stereocenters. The number of amides is 1. The van der Waals surface area contributed by atoms with E-state index in [-0.39, 0.29) is 14.8 Å². The van der Waals surface area contributed by atoms with Crippen molar-refractivity contribution in [1.29, 1.82) is 0 Å². The second-order valence-electron chi connectivity index (χ2n) is 8.16. The predicted molar refractivity (Wildman–Crippen MR) is 133 cm³/mol. The van der Waals surface area contributed by atoms with Crippen LogP contribution >= 0.6 is 24.0 Å². The summed E-state index contributed by atoms with van der Waals surface area (Å²) in [6.45, 7) is 3.93. The van der Waals surface area contributed by atoms with Gasteiger partial charge in [-0.3, -0.25) is 28.9 Å². The van der Waals surface area contributed by atoms with Gasteiger partial charge in [0.15, 0.2) is 28.9 Å². The predicted octanol–water partition coefficient (Wildman–Crippen LogP) is 2.11. The summed E-state index contributed by atoms with van der Waals surface area (Å²) in [7, 11) is 0. The van der Waals surface area contributed by atoms with Crippen molar-refractivity contribution in [2.24, 2.45) is 0 Å². The Morgan fingerprint density at radius 3 is 2.13 bits per heavy atom. The summed E-state index contributed by atoms with van der Waals surface area (Å²) in [5.74, 6) is -4.39. The Morgan fingerprint density at radius 2 is 1.55 bits per heavy atom. The maximum absolute atomic E-state index is 14.2. The molecule has 0 spiro atoms. The van der Waals surface area contributed by atoms with Crippen molar-refractivity contribution in [3.05, 3.63) is 40.6 Å². The second-order valence-corrected chi connectivity index (χ2v) is 9.84. The molecule has 11 nitrogen and oxygen atoms in total. The number of carbonyl (C=O) groups is 5. The van der Waals surface area contributed by atoms with Gasteiger partial charge < -0.3 is 23.7 Å². The van der Waals surface area contributed by atoms with Gasteiger partial charge in [0.25, 0.3) is 5.91 Å². The maximum atomic E-state index is 14.2. The lowest BCUT2D eigenvalue weighted by molar-refractivity contribution is -0.268. The maximum Gasteiger partial charge on any atom is 0.303 e. The first-order chi connectivity index (χ1) is 17.9. The molecule has 38 heavy (non-hydrogen) atoms. The van der Waals surface area contributed by atoms with Crippen LogP contribution in [0.25, 0.3) is 6.08 Å². The van der Waals surface area contributed by atoms with Crippen molar-refractivity contribution >= 4 is 64.2 Å². The first-order valence-electron chi connectivity index (χ1n) is 11.2. The molecule has 3 rings (SSSR count). The minimum absolute atomic E-state index is 0.0292. The molecule has 0 aromatic heterocycles. The number of rotatable bonds is 7. The van der Waals surface area contributed by atoms with Gasteiger partial charge in [0.2, 0.25) is 0 Å². The van der Waals surface area contributed by atoms with E-state index >= 15 is 0 Å². The Labute approximate surface area is 226 Å². The van der Waals surface area contributed by atoms with Crippen molar-refractivity contribution in [1.82, 2.24) is 4.90 Å². The molecule has 0 aliphatic carbocycles. The normalized spacial score (nSPS) is 26.2. The van der Waals surface area contributed by atoms with E-state index in [1.54, 1.807) is 6.07 Å². The van der Waals surface area contributed by atoms with E-state index < -0.39 is 72.9 Å². The number of hydrogen-bond donors (Lipinski definition) is 0. The van der Waals surface area contributed by atoms with Gasteiger partial charge >= 0.3 is 23.9 Å². The molecule has 2 heterocycles. The lowest BCUT2D eigenvalue weighted by Gasteiger charge is -2.46. The van der Waals surface area contributed by atoms with Crippen molar-refractivity contribution in [3.63, 3.8) is 0 Å². The number of ether oxygens (including phenoxy) is 5. The van der Waals surface area contributed by atoms with Crippen LogP contribution < -0.4 is 0 Å². The molecular formula is C24H24FNO10S2. The van der Waals surface area contributed by atoms with Crippen LogP contribution in [0.2, 0.25) is 0 Å². The van der Waals surface area contributed by atoms with Gasteiger partial charge in [0.05, 0.1) is 4.91 Å². The highest BCUT2D eigenvalue weighted by Crippen LogP contribution is 2.39. The highest BCUT2D eigenvalue weighted by molar-refractivity contribution is 8.26. The van der Waals surface area contributed by atoms with E-state index in [0.717, 1.165) is 44.4 Å². The fraction of sp³-hybridized carbons (Fsp3) is 0.417. The van der Waals surface area contributed by atoms with Crippen LogP contribution in [0.5, 0.6) is 0 Å². The first-order valence-corrected chi connectivity index (χ1v) is 12.4. The van der Waals surface area contributed by atoms with Gasteiger partial charge in [0, 0.05) is 33.3 Å². The molecule has 204 valence electrons. The molecular weight excluding hydrogens is 545 g/mol. The average molecular weight is 570 g/mol. The van der Waals surface area contributed by atoms with Gasteiger partial charge in [0.1, 0.15) is 18.5 Å². The Kier molecular flexibility index (Phi) is 9.57. The van der Waals surface area contributed by atoms with Crippen molar-refractivity contribution in [2.75, 3.05) is 6.61 Å². The quantitative estimate of drug-likeness (QED) is 0.206. The molecule has 0 radical (unpaired) electrons. The van der Waals surface area contributed by atoms with Gasteiger partial charge in [-0.2, -0.15) is 0 Å². The summed E-state index contributed by atoms with van der Waals surface area (Å²) in [6.07, 6.45) is -5.81. The van der Waals surface area contributed by atoms with Crippen LogP contribution in [-0.4, -0.2) is 76.3 Å². The van der Waals surface area contributed by atoms with Crippen molar-refractivity contribution in [3.8, 4) is 0 Å². The van der Waals surface area contributed by atoms with E-state index in [0.29, 0.717) is 0 Å². The standard InChI is InChI=1S/C24H24FNO10S2/c1-11(27)32-10-17-19(33-12(2)28)20(34-13(3)29)21(35-14(4)30)23(36-17)26-22(31)18(38-24(26)37)9-15-7-5-6-8-16(15)25/h5-9,17,19-21,23H,10H2,1-4H3/b18-9-/t17-,19-,20+,21-,23-/m1/s1. The highest BCUT2D eigenvalue weighted by atomic mass is 32.2. The van der Waals surface area contributed by atoms with Gasteiger partial charge in [-0.05, 0) is 12.1 Å². The van der Waals surface area contributed by atoms with E-state index in [1.165, 1.54) is 24.3 Å². The lowest BCUT2D eigenvalue weighted by atomic mass is 9.96. The minimum Gasteiger partial charge on any atom is -0.463 e. The molecule has 0 N–H and O–H groups in total. The number of esters is 4. The number of carbonyl (C=O) groups excluding carboxylic acids is 5. The summed E-state index contributed by atoms with van der Waals surface area (Å²) in [5.41, 5.74) is 0.134. The summed E-state index contributed by atoms with van der Waals surface area (Å²) < 4.78 is 41.3. The molecule has 0 saturated carbocycles. The zero-order chi connectivity index (χ0) is 28.1. The first kappa shape index (κ1) is 29.2. The van der Waals surface area contributed by atoms with Crippen LogP contribution in [0.3, 0.4) is 0 Å². The average Bonchev–Trinajstić information content (AvgIpc) is 3.08. The van der Waals surface area contributed by atoms with Gasteiger partial charge in [-0.15, -0.1) is 0 Å². The van der Waals surface area contributed by atoms with Gasteiger partial charge in [-0.1, -0.05) is 42.2 Å². The summed E-state index contributed by atoms with van der Waals surface area (Å²) in [6, 6.07) is 5.78. The third-order valence-electron chi connectivity index (χ3n) is 5.24. The molecule has 1 aromatic carbocycles. The highest BCUT2D eigenvalue weighted by Gasteiger charge is 2.56. The monoisotopic (exact) mass is 569 g/mol. The third kappa shape index (κ3) is 6.94. The van der Waals surface area contributed by atoms with Gasteiger partial charge in [-0.25, -0.2) is 4.39 Å². The second kappa shape index (κ2) is 12.5. The molecule has 2 aliphatic rings. The van der Waals surface area contributed by atoms with Crippen molar-refractivity contribution < 1.29 is 52.0 Å². The van der Waals surface area contributed by atoms with Crippen LogP contribution in [0.15, 0.2) is 29.2 Å². The van der Waals surface area contributed by atoms with E-state index in [2.05, 4.69) is 0 Å². The summed E-state index contributed by atoms with van der Waals surface area (Å²) >= 11 is 6.25. The topological polar surface area (TPSA) is 135 Å². The van der Waals surface area contributed by atoms with E-state index in [9.17, 15) is 28.4 Å². The van der Waals surface area contributed by atoms with Crippen LogP contribution in [0.4, 0.5) is 4.39 Å². The number of hydrogen-bond acceptors (Lipinski definition) is 12. The number of thiocarbonyl (C=S) groups is 1. The largest absolute Gasteiger partial charge is 0.463 e. The van der Waals surface area contributed by atoms with Crippen molar-refractivity contribution in [2.45, 2.75) is 58.3 Å². The van der Waals surface area contributed by atoms with E-state index in [1.807, 2.05) is 0 Å². The lowest BCUT2D eigenvalue weighted by Crippen LogP contribution is -2.66. The molecule has 0 bridgehead atoms. The molecule has 2 aliphatic heterocycles. The molecule has 1 amide bonds. The number of halogens is 1.